The van der Waals surface area contributed by atoms with Gasteiger partial charge in [0.1, 0.15) is 5.82 Å². The second kappa shape index (κ2) is 3.96. The van der Waals surface area contributed by atoms with Crippen molar-refractivity contribution in [3.05, 3.63) is 30.1 Å². The maximum atomic E-state index is 12.7. The summed E-state index contributed by atoms with van der Waals surface area (Å²) in [5, 5.41) is 0. The summed E-state index contributed by atoms with van der Waals surface area (Å²) in [6.07, 6.45) is 0. The van der Waals surface area contributed by atoms with E-state index in [1.54, 1.807) is 0 Å². The highest BCUT2D eigenvalue weighted by Gasteiger charge is 2.13. The molecule has 1 fully saturated rings. The third-order valence-corrected chi connectivity index (χ3v) is 2.70. The number of rotatable bonds is 1. The van der Waals surface area contributed by atoms with Crippen LogP contribution in [0.4, 0.5) is 10.1 Å². The predicted molar refractivity (Wildman–Crippen MR) is 56.1 cm³/mol. The third kappa shape index (κ3) is 2.04. The van der Waals surface area contributed by atoms with Crippen LogP contribution in [0.5, 0.6) is 0 Å². The molecule has 1 aliphatic rings. The van der Waals surface area contributed by atoms with Crippen LogP contribution in [0.1, 0.15) is 0 Å². The molecule has 0 saturated carbocycles. The van der Waals surface area contributed by atoms with E-state index in [2.05, 4.69) is 16.8 Å². The molecule has 0 bridgehead atoms. The lowest BCUT2D eigenvalue weighted by Gasteiger charge is -2.34. The summed E-state index contributed by atoms with van der Waals surface area (Å²) < 4.78 is 12.7. The van der Waals surface area contributed by atoms with E-state index in [1.165, 1.54) is 12.1 Å². The number of piperazine rings is 1. The van der Waals surface area contributed by atoms with E-state index in [0.29, 0.717) is 0 Å². The van der Waals surface area contributed by atoms with Crippen molar-refractivity contribution < 1.29 is 4.39 Å². The van der Waals surface area contributed by atoms with Crippen LogP contribution in [-0.4, -0.2) is 38.1 Å². The molecule has 0 aliphatic carbocycles. The first-order valence-electron chi connectivity index (χ1n) is 4.95. The molecule has 0 aromatic heterocycles. The number of likely N-dealkylation sites (N-methyl/N-ethyl adjacent to an activating group) is 1. The monoisotopic (exact) mass is 194 g/mol. The Morgan fingerprint density at radius 2 is 1.57 bits per heavy atom. The minimum atomic E-state index is -0.164. The van der Waals surface area contributed by atoms with Crippen LogP contribution in [0, 0.1) is 5.82 Å². The van der Waals surface area contributed by atoms with Crippen molar-refractivity contribution in [1.82, 2.24) is 4.90 Å². The van der Waals surface area contributed by atoms with Gasteiger partial charge in [0.2, 0.25) is 0 Å². The smallest absolute Gasteiger partial charge is 0.123 e. The summed E-state index contributed by atoms with van der Waals surface area (Å²) in [4.78, 5) is 4.60. The minimum Gasteiger partial charge on any atom is -0.369 e. The summed E-state index contributed by atoms with van der Waals surface area (Å²) in [5.74, 6) is -0.164. The zero-order valence-electron chi connectivity index (χ0n) is 8.41. The quantitative estimate of drug-likeness (QED) is 0.669. The molecule has 1 heterocycles. The van der Waals surface area contributed by atoms with Crippen LogP contribution in [0.3, 0.4) is 0 Å². The van der Waals surface area contributed by atoms with Crippen molar-refractivity contribution in [3.63, 3.8) is 0 Å². The lowest BCUT2D eigenvalue weighted by Crippen LogP contribution is -2.44. The second-order valence-corrected chi connectivity index (χ2v) is 3.77. The lowest BCUT2D eigenvalue weighted by atomic mass is 10.2. The first kappa shape index (κ1) is 9.46. The molecule has 0 amide bonds. The van der Waals surface area contributed by atoms with Crippen LogP contribution in [0.2, 0.25) is 0 Å². The molecule has 0 atom stereocenters. The first-order chi connectivity index (χ1) is 6.75. The van der Waals surface area contributed by atoms with Crippen LogP contribution < -0.4 is 4.90 Å². The molecule has 0 radical (unpaired) electrons. The SMILES string of the molecule is CN1CCN(c2ccc(F)cc2)CC1. The molecule has 0 spiro atoms. The Balaban J connectivity index is 2.05. The Hall–Kier alpha value is -1.09. The molecule has 1 saturated heterocycles. The fraction of sp³-hybridized carbons (Fsp3) is 0.455. The highest BCUT2D eigenvalue weighted by atomic mass is 19.1. The first-order valence-corrected chi connectivity index (χ1v) is 4.95. The highest BCUT2D eigenvalue weighted by Crippen LogP contribution is 2.16. The van der Waals surface area contributed by atoms with Crippen molar-refractivity contribution in [2.45, 2.75) is 0 Å². The van der Waals surface area contributed by atoms with Crippen LogP contribution in [-0.2, 0) is 0 Å². The van der Waals surface area contributed by atoms with Gasteiger partial charge in [-0.25, -0.2) is 4.39 Å². The number of hydrogen-bond donors (Lipinski definition) is 0. The van der Waals surface area contributed by atoms with E-state index in [9.17, 15) is 4.39 Å². The van der Waals surface area contributed by atoms with Gasteiger partial charge in [-0.2, -0.15) is 0 Å². The van der Waals surface area contributed by atoms with Gasteiger partial charge >= 0.3 is 0 Å². The zero-order valence-corrected chi connectivity index (χ0v) is 8.41. The summed E-state index contributed by atoms with van der Waals surface area (Å²) >= 11 is 0. The molecule has 2 nitrogen and oxygen atoms in total. The standard InChI is InChI=1S/C11H15FN2/c1-13-6-8-14(9-7-13)11-4-2-10(12)3-5-11/h2-5H,6-9H2,1H3. The second-order valence-electron chi connectivity index (χ2n) is 3.77. The fourth-order valence-electron chi connectivity index (χ4n) is 1.72. The lowest BCUT2D eigenvalue weighted by molar-refractivity contribution is 0.313. The maximum Gasteiger partial charge on any atom is 0.123 e. The van der Waals surface area contributed by atoms with E-state index >= 15 is 0 Å². The summed E-state index contributed by atoms with van der Waals surface area (Å²) in [5.41, 5.74) is 1.12. The van der Waals surface area contributed by atoms with Crippen LogP contribution in [0.15, 0.2) is 24.3 Å². The van der Waals surface area contributed by atoms with E-state index in [4.69, 9.17) is 0 Å². The Bertz CT molecular complexity index is 289. The minimum absolute atomic E-state index is 0.164. The van der Waals surface area contributed by atoms with Gasteiger partial charge in [-0.3, -0.25) is 0 Å². The van der Waals surface area contributed by atoms with Gasteiger partial charge in [0.15, 0.2) is 0 Å². The van der Waals surface area contributed by atoms with Gasteiger partial charge < -0.3 is 9.80 Å². The Kier molecular flexibility index (Phi) is 2.68. The van der Waals surface area contributed by atoms with Gasteiger partial charge in [0, 0.05) is 31.9 Å². The van der Waals surface area contributed by atoms with Crippen LogP contribution >= 0.6 is 0 Å². The van der Waals surface area contributed by atoms with Crippen molar-refractivity contribution >= 4 is 5.69 Å². The maximum absolute atomic E-state index is 12.7. The van der Waals surface area contributed by atoms with Gasteiger partial charge in [-0.1, -0.05) is 0 Å². The Morgan fingerprint density at radius 1 is 1.00 bits per heavy atom. The Labute approximate surface area is 83.9 Å². The molecule has 1 aromatic rings. The Morgan fingerprint density at radius 3 is 2.14 bits per heavy atom. The van der Waals surface area contributed by atoms with Gasteiger partial charge in [-0.05, 0) is 31.3 Å². The molecule has 3 heteroatoms. The summed E-state index contributed by atoms with van der Waals surface area (Å²) in [7, 11) is 2.13. The van der Waals surface area contributed by atoms with Gasteiger partial charge in [-0.15, -0.1) is 0 Å². The molecule has 1 aromatic carbocycles. The highest BCUT2D eigenvalue weighted by molar-refractivity contribution is 5.46. The van der Waals surface area contributed by atoms with Crippen LogP contribution in [0.25, 0.3) is 0 Å². The normalized spacial score (nSPS) is 18.6. The zero-order chi connectivity index (χ0) is 9.97. The number of nitrogens with zero attached hydrogens (tertiary/aromatic N) is 2. The molecular weight excluding hydrogens is 179 g/mol. The van der Waals surface area contributed by atoms with E-state index in [1.807, 2.05) is 12.1 Å². The van der Waals surface area contributed by atoms with Crippen molar-refractivity contribution in [2.24, 2.45) is 0 Å². The number of benzene rings is 1. The average Bonchev–Trinajstić information content (AvgIpc) is 2.21. The van der Waals surface area contributed by atoms with Crippen molar-refractivity contribution in [2.75, 3.05) is 38.1 Å². The molecule has 14 heavy (non-hydrogen) atoms. The molecule has 76 valence electrons. The summed E-state index contributed by atoms with van der Waals surface area (Å²) in [6.45, 7) is 4.22. The predicted octanol–water partition coefficient (Wildman–Crippen LogP) is 1.58. The molecule has 2 rings (SSSR count). The largest absolute Gasteiger partial charge is 0.369 e. The van der Waals surface area contributed by atoms with E-state index < -0.39 is 0 Å². The number of halogens is 1. The van der Waals surface area contributed by atoms with Gasteiger partial charge in [0.25, 0.3) is 0 Å². The molecule has 1 aliphatic heterocycles. The molecule has 0 unspecified atom stereocenters. The van der Waals surface area contributed by atoms with E-state index in [0.717, 1.165) is 31.9 Å². The number of hydrogen-bond acceptors (Lipinski definition) is 2. The molecule has 0 N–H and O–H groups in total. The topological polar surface area (TPSA) is 6.48 Å². The van der Waals surface area contributed by atoms with Crippen molar-refractivity contribution in [1.29, 1.82) is 0 Å². The average molecular weight is 194 g/mol. The van der Waals surface area contributed by atoms with Crippen molar-refractivity contribution in [3.8, 4) is 0 Å². The number of anilines is 1. The summed E-state index contributed by atoms with van der Waals surface area (Å²) in [6, 6.07) is 6.74. The van der Waals surface area contributed by atoms with E-state index in [-0.39, 0.29) is 5.82 Å². The third-order valence-electron chi connectivity index (χ3n) is 2.70. The molecular formula is C11H15FN2. The van der Waals surface area contributed by atoms with Gasteiger partial charge in [0.05, 0.1) is 0 Å². The fourth-order valence-corrected chi connectivity index (χ4v) is 1.72.